The lowest BCUT2D eigenvalue weighted by Gasteiger charge is -2.16. The van der Waals surface area contributed by atoms with Crippen molar-refractivity contribution in [3.05, 3.63) is 46.8 Å². The Morgan fingerprint density at radius 2 is 1.96 bits per heavy atom. The molecule has 1 aromatic heterocycles. The summed E-state index contributed by atoms with van der Waals surface area (Å²) in [6.07, 6.45) is 0. The van der Waals surface area contributed by atoms with Crippen molar-refractivity contribution in [2.45, 2.75) is 33.2 Å². The minimum absolute atomic E-state index is 0.288. The molecule has 2 rings (SSSR count). The molecular weight excluding hydrogens is 304 g/mol. The van der Waals surface area contributed by atoms with E-state index in [-0.39, 0.29) is 5.92 Å². The molecule has 6 heteroatoms. The number of guanidine groups is 1. The maximum atomic E-state index is 5.24. The Bertz CT molecular complexity index is 657. The van der Waals surface area contributed by atoms with Gasteiger partial charge in [0.05, 0.1) is 12.8 Å². The molecule has 0 fully saturated rings. The molecule has 0 aliphatic heterocycles. The van der Waals surface area contributed by atoms with Crippen LogP contribution in [0.3, 0.4) is 0 Å². The standard InChI is InChI=1S/C18H26N4O2/c1-12(17-13(2)22-24-14(17)3)10-20-18(19-4)21-11-15-6-8-16(23-5)9-7-15/h6-9,12H,10-11H2,1-5H3,(H2,19,20,21). The second-order valence-corrected chi connectivity index (χ2v) is 5.79. The molecule has 24 heavy (non-hydrogen) atoms. The number of rotatable bonds is 6. The Kier molecular flexibility index (Phi) is 6.23. The summed E-state index contributed by atoms with van der Waals surface area (Å²) in [4.78, 5) is 4.27. The van der Waals surface area contributed by atoms with Crippen LogP contribution in [0.2, 0.25) is 0 Å². The van der Waals surface area contributed by atoms with E-state index < -0.39 is 0 Å². The number of nitrogens with one attached hydrogen (secondary N) is 2. The lowest BCUT2D eigenvalue weighted by molar-refractivity contribution is 0.391. The number of hydrogen-bond acceptors (Lipinski definition) is 4. The molecule has 0 aliphatic carbocycles. The first-order chi connectivity index (χ1) is 11.5. The second-order valence-electron chi connectivity index (χ2n) is 5.79. The van der Waals surface area contributed by atoms with Gasteiger partial charge in [0, 0.05) is 31.6 Å². The first-order valence-electron chi connectivity index (χ1n) is 8.05. The van der Waals surface area contributed by atoms with Crippen LogP contribution in [-0.2, 0) is 6.54 Å². The van der Waals surface area contributed by atoms with E-state index in [1.54, 1.807) is 14.2 Å². The number of hydrogen-bond donors (Lipinski definition) is 2. The van der Waals surface area contributed by atoms with Crippen molar-refractivity contribution in [3.63, 3.8) is 0 Å². The van der Waals surface area contributed by atoms with Gasteiger partial charge in [-0.3, -0.25) is 4.99 Å². The number of methoxy groups -OCH3 is 1. The first-order valence-corrected chi connectivity index (χ1v) is 8.05. The summed E-state index contributed by atoms with van der Waals surface area (Å²) in [6, 6.07) is 7.97. The lowest BCUT2D eigenvalue weighted by atomic mass is 10.00. The van der Waals surface area contributed by atoms with Gasteiger partial charge >= 0.3 is 0 Å². The number of nitrogens with zero attached hydrogens (tertiary/aromatic N) is 2. The highest BCUT2D eigenvalue weighted by Gasteiger charge is 2.16. The van der Waals surface area contributed by atoms with Gasteiger partial charge in [0.1, 0.15) is 11.5 Å². The average Bonchev–Trinajstić information content (AvgIpc) is 2.94. The third-order valence-corrected chi connectivity index (χ3v) is 4.00. The highest BCUT2D eigenvalue weighted by Crippen LogP contribution is 2.22. The molecule has 0 bridgehead atoms. The number of aliphatic imine (C=N–C) groups is 1. The van der Waals surface area contributed by atoms with E-state index in [0.717, 1.165) is 40.8 Å². The topological polar surface area (TPSA) is 71.7 Å². The molecule has 0 aliphatic rings. The van der Waals surface area contributed by atoms with E-state index in [0.29, 0.717) is 6.54 Å². The first kappa shape index (κ1) is 17.8. The highest BCUT2D eigenvalue weighted by atomic mass is 16.5. The van der Waals surface area contributed by atoms with Crippen LogP contribution in [0.25, 0.3) is 0 Å². The van der Waals surface area contributed by atoms with Gasteiger partial charge in [-0.15, -0.1) is 0 Å². The average molecular weight is 330 g/mol. The SMILES string of the molecule is CN=C(NCc1ccc(OC)cc1)NCC(C)c1c(C)noc1C. The monoisotopic (exact) mass is 330 g/mol. The van der Waals surface area contributed by atoms with Gasteiger partial charge in [0.15, 0.2) is 5.96 Å². The molecule has 130 valence electrons. The molecule has 2 N–H and O–H groups in total. The van der Waals surface area contributed by atoms with Gasteiger partial charge in [0.25, 0.3) is 0 Å². The van der Waals surface area contributed by atoms with E-state index in [1.807, 2.05) is 38.1 Å². The van der Waals surface area contributed by atoms with E-state index >= 15 is 0 Å². The van der Waals surface area contributed by atoms with Crippen LogP contribution < -0.4 is 15.4 Å². The molecule has 1 aromatic carbocycles. The molecule has 1 heterocycles. The summed E-state index contributed by atoms with van der Waals surface area (Å²) < 4.78 is 10.4. The van der Waals surface area contributed by atoms with E-state index in [9.17, 15) is 0 Å². The minimum atomic E-state index is 0.288. The van der Waals surface area contributed by atoms with Crippen LogP contribution in [0.5, 0.6) is 5.75 Å². The van der Waals surface area contributed by atoms with Crippen molar-refractivity contribution in [3.8, 4) is 5.75 Å². The third-order valence-electron chi connectivity index (χ3n) is 4.00. The van der Waals surface area contributed by atoms with Crippen LogP contribution >= 0.6 is 0 Å². The fourth-order valence-corrected chi connectivity index (χ4v) is 2.70. The Morgan fingerprint density at radius 3 is 2.50 bits per heavy atom. The van der Waals surface area contributed by atoms with Gasteiger partial charge in [-0.1, -0.05) is 24.2 Å². The van der Waals surface area contributed by atoms with Gasteiger partial charge in [0.2, 0.25) is 0 Å². The van der Waals surface area contributed by atoms with Crippen LogP contribution in [0.1, 0.15) is 35.4 Å². The maximum Gasteiger partial charge on any atom is 0.191 e. The van der Waals surface area contributed by atoms with Crippen molar-refractivity contribution in [1.29, 1.82) is 0 Å². The zero-order valence-electron chi connectivity index (χ0n) is 15.0. The van der Waals surface area contributed by atoms with Gasteiger partial charge in [-0.2, -0.15) is 0 Å². The predicted octanol–water partition coefficient (Wildman–Crippen LogP) is 2.77. The molecule has 0 saturated heterocycles. The van der Waals surface area contributed by atoms with Crippen LogP contribution in [-0.4, -0.2) is 31.8 Å². The maximum absolute atomic E-state index is 5.24. The fraction of sp³-hybridized carbons (Fsp3) is 0.444. The normalized spacial score (nSPS) is 12.8. The summed E-state index contributed by atoms with van der Waals surface area (Å²) >= 11 is 0. The number of benzene rings is 1. The fourth-order valence-electron chi connectivity index (χ4n) is 2.70. The highest BCUT2D eigenvalue weighted by molar-refractivity contribution is 5.79. The Labute approximate surface area is 143 Å². The molecule has 0 radical (unpaired) electrons. The van der Waals surface area contributed by atoms with Crippen molar-refractivity contribution in [2.75, 3.05) is 20.7 Å². The summed E-state index contributed by atoms with van der Waals surface area (Å²) in [5, 5.41) is 10.7. The van der Waals surface area contributed by atoms with Crippen molar-refractivity contribution in [1.82, 2.24) is 15.8 Å². The largest absolute Gasteiger partial charge is 0.497 e. The summed E-state index contributed by atoms with van der Waals surface area (Å²) in [5.74, 6) is 2.79. The molecule has 1 atom stereocenters. The number of aryl methyl sites for hydroxylation is 2. The summed E-state index contributed by atoms with van der Waals surface area (Å²) in [5.41, 5.74) is 3.27. The molecule has 2 aromatic rings. The molecule has 0 saturated carbocycles. The molecular formula is C18H26N4O2. The second kappa shape index (κ2) is 8.38. The summed E-state index contributed by atoms with van der Waals surface area (Å²) in [6.45, 7) is 7.52. The number of ether oxygens (including phenoxy) is 1. The molecule has 0 spiro atoms. The zero-order chi connectivity index (χ0) is 17.5. The quantitative estimate of drug-likeness (QED) is 0.629. The molecule has 0 amide bonds. The van der Waals surface area contributed by atoms with Gasteiger partial charge in [-0.25, -0.2) is 0 Å². The van der Waals surface area contributed by atoms with E-state index in [2.05, 4.69) is 27.7 Å². The van der Waals surface area contributed by atoms with Crippen LogP contribution in [0.4, 0.5) is 0 Å². The Morgan fingerprint density at radius 1 is 1.25 bits per heavy atom. The zero-order valence-corrected chi connectivity index (χ0v) is 15.0. The Balaban J connectivity index is 1.86. The van der Waals surface area contributed by atoms with Crippen molar-refractivity contribution in [2.24, 2.45) is 4.99 Å². The van der Waals surface area contributed by atoms with Gasteiger partial charge in [-0.05, 0) is 31.5 Å². The van der Waals surface area contributed by atoms with E-state index in [1.165, 1.54) is 0 Å². The molecule has 1 unspecified atom stereocenters. The Hall–Kier alpha value is -2.50. The van der Waals surface area contributed by atoms with Gasteiger partial charge < -0.3 is 19.9 Å². The minimum Gasteiger partial charge on any atom is -0.497 e. The van der Waals surface area contributed by atoms with Crippen molar-refractivity contribution < 1.29 is 9.26 Å². The van der Waals surface area contributed by atoms with Crippen LogP contribution in [0, 0.1) is 13.8 Å². The predicted molar refractivity (Wildman–Crippen MR) is 95.6 cm³/mol. The number of aromatic nitrogens is 1. The third kappa shape index (κ3) is 4.50. The smallest absolute Gasteiger partial charge is 0.191 e. The van der Waals surface area contributed by atoms with E-state index in [4.69, 9.17) is 9.26 Å². The van der Waals surface area contributed by atoms with Crippen LogP contribution in [0.15, 0.2) is 33.8 Å². The lowest BCUT2D eigenvalue weighted by Crippen LogP contribution is -2.38. The molecule has 6 nitrogen and oxygen atoms in total. The summed E-state index contributed by atoms with van der Waals surface area (Å²) in [7, 11) is 3.43. The van der Waals surface area contributed by atoms with Crippen molar-refractivity contribution >= 4 is 5.96 Å².